The molecule has 0 spiro atoms. The number of hydrogen-bond acceptors (Lipinski definition) is 5. The fourth-order valence-corrected chi connectivity index (χ4v) is 2.38. The van der Waals surface area contributed by atoms with Gasteiger partial charge in [0.05, 0.1) is 6.54 Å². The number of rotatable bonds is 4. The van der Waals surface area contributed by atoms with Gasteiger partial charge < -0.3 is 14.8 Å². The fourth-order valence-electron chi connectivity index (χ4n) is 2.38. The first-order chi connectivity index (χ1) is 8.69. The van der Waals surface area contributed by atoms with Gasteiger partial charge in [-0.3, -0.25) is 9.69 Å². The molecule has 0 saturated carbocycles. The Hall–Kier alpha value is -1.33. The number of likely N-dealkylation sites (tertiary alicyclic amines) is 1. The zero-order chi connectivity index (χ0) is 13.0. The molecule has 1 fully saturated rings. The molecule has 18 heavy (non-hydrogen) atoms. The van der Waals surface area contributed by atoms with Gasteiger partial charge in [0.25, 0.3) is 0 Å². The minimum atomic E-state index is -0.374. The Labute approximate surface area is 106 Å². The summed E-state index contributed by atoms with van der Waals surface area (Å²) >= 11 is 0. The molecule has 0 atom stereocenters. The second-order valence-electron chi connectivity index (χ2n) is 4.87. The van der Waals surface area contributed by atoms with Crippen LogP contribution in [0.15, 0.2) is 21.5 Å². The first-order valence-electron chi connectivity index (χ1n) is 6.36. The normalized spacial score (nSPS) is 18.1. The molecule has 1 saturated heterocycles. The van der Waals surface area contributed by atoms with Crippen LogP contribution in [0.3, 0.4) is 0 Å². The smallest absolute Gasteiger partial charge is 0.226 e. The van der Waals surface area contributed by atoms with E-state index in [1.807, 2.05) is 7.05 Å². The van der Waals surface area contributed by atoms with E-state index in [2.05, 4.69) is 10.2 Å². The molecule has 2 N–H and O–H groups in total. The molecule has 1 aromatic heterocycles. The summed E-state index contributed by atoms with van der Waals surface area (Å²) in [6.45, 7) is 3.76. The van der Waals surface area contributed by atoms with Crippen LogP contribution in [0.25, 0.3) is 0 Å². The van der Waals surface area contributed by atoms with Crippen LogP contribution in [0, 0.1) is 5.92 Å². The Bertz CT molecular complexity index is 436. The molecule has 0 radical (unpaired) electrons. The van der Waals surface area contributed by atoms with Crippen molar-refractivity contribution in [1.82, 2.24) is 10.2 Å². The van der Waals surface area contributed by atoms with Gasteiger partial charge in [0.2, 0.25) is 5.43 Å². The highest BCUT2D eigenvalue weighted by Crippen LogP contribution is 2.18. The first kappa shape index (κ1) is 13.1. The van der Waals surface area contributed by atoms with E-state index in [0.717, 1.165) is 31.8 Å². The van der Waals surface area contributed by atoms with Crippen molar-refractivity contribution in [2.24, 2.45) is 5.92 Å². The Morgan fingerprint density at radius 2 is 2.22 bits per heavy atom. The van der Waals surface area contributed by atoms with Crippen molar-refractivity contribution in [3.63, 3.8) is 0 Å². The lowest BCUT2D eigenvalue weighted by molar-refractivity contribution is 0.164. The van der Waals surface area contributed by atoms with E-state index in [9.17, 15) is 4.79 Å². The topological polar surface area (TPSA) is 65.7 Å². The van der Waals surface area contributed by atoms with Gasteiger partial charge in [-0.05, 0) is 45.4 Å². The molecular formula is C13H20N2O3. The Balaban J connectivity index is 1.87. The van der Waals surface area contributed by atoms with Crippen molar-refractivity contribution < 1.29 is 9.52 Å². The monoisotopic (exact) mass is 252 g/mol. The van der Waals surface area contributed by atoms with Gasteiger partial charge in [-0.2, -0.15) is 0 Å². The average molecular weight is 252 g/mol. The lowest BCUT2D eigenvalue weighted by Gasteiger charge is -2.31. The summed E-state index contributed by atoms with van der Waals surface area (Å²) in [4.78, 5) is 13.6. The molecule has 2 rings (SSSR count). The molecule has 1 aliphatic heterocycles. The summed E-state index contributed by atoms with van der Waals surface area (Å²) in [5.41, 5.74) is -0.374. The van der Waals surface area contributed by atoms with Crippen molar-refractivity contribution >= 4 is 0 Å². The summed E-state index contributed by atoms with van der Waals surface area (Å²) in [7, 11) is 1.98. The molecule has 0 amide bonds. The second kappa shape index (κ2) is 6.02. The molecule has 0 unspecified atom stereocenters. The SMILES string of the molecule is CNCC1CCN(Cc2cc(=O)c(O)co2)CC1. The molecule has 2 heterocycles. The van der Waals surface area contributed by atoms with Gasteiger partial charge in [-0.15, -0.1) is 0 Å². The molecular weight excluding hydrogens is 232 g/mol. The van der Waals surface area contributed by atoms with Gasteiger partial charge in [0, 0.05) is 6.07 Å². The van der Waals surface area contributed by atoms with Crippen molar-refractivity contribution in [2.75, 3.05) is 26.7 Å². The van der Waals surface area contributed by atoms with Crippen LogP contribution in [0.5, 0.6) is 5.75 Å². The van der Waals surface area contributed by atoms with Gasteiger partial charge in [-0.1, -0.05) is 0 Å². The van der Waals surface area contributed by atoms with E-state index in [1.54, 1.807) is 0 Å². The summed E-state index contributed by atoms with van der Waals surface area (Å²) in [5.74, 6) is 1.04. The van der Waals surface area contributed by atoms with Crippen LogP contribution >= 0.6 is 0 Å². The van der Waals surface area contributed by atoms with E-state index in [0.29, 0.717) is 12.3 Å². The van der Waals surface area contributed by atoms with E-state index >= 15 is 0 Å². The van der Waals surface area contributed by atoms with Gasteiger partial charge in [-0.25, -0.2) is 0 Å². The third-order valence-corrected chi connectivity index (χ3v) is 3.45. The Morgan fingerprint density at radius 3 is 2.83 bits per heavy atom. The van der Waals surface area contributed by atoms with Gasteiger partial charge in [0.15, 0.2) is 5.75 Å². The van der Waals surface area contributed by atoms with Crippen LogP contribution in [-0.4, -0.2) is 36.7 Å². The van der Waals surface area contributed by atoms with Crippen molar-refractivity contribution in [1.29, 1.82) is 0 Å². The first-order valence-corrected chi connectivity index (χ1v) is 6.36. The minimum Gasteiger partial charge on any atom is -0.502 e. The number of nitrogens with one attached hydrogen (secondary N) is 1. The summed E-state index contributed by atoms with van der Waals surface area (Å²) in [6, 6.07) is 1.37. The highest BCUT2D eigenvalue weighted by Gasteiger charge is 2.19. The van der Waals surface area contributed by atoms with Crippen LogP contribution in [0.1, 0.15) is 18.6 Å². The van der Waals surface area contributed by atoms with Crippen molar-refractivity contribution in [3.8, 4) is 5.75 Å². The van der Waals surface area contributed by atoms with E-state index < -0.39 is 0 Å². The van der Waals surface area contributed by atoms with Crippen LogP contribution in [0.2, 0.25) is 0 Å². The highest BCUT2D eigenvalue weighted by atomic mass is 16.4. The molecule has 5 heteroatoms. The van der Waals surface area contributed by atoms with Crippen LogP contribution in [0.4, 0.5) is 0 Å². The average Bonchev–Trinajstić information content (AvgIpc) is 2.37. The molecule has 1 aliphatic rings. The quantitative estimate of drug-likeness (QED) is 0.829. The van der Waals surface area contributed by atoms with Crippen molar-refractivity contribution in [2.45, 2.75) is 19.4 Å². The third kappa shape index (κ3) is 3.34. The molecule has 0 bridgehead atoms. The number of hydrogen-bond donors (Lipinski definition) is 2. The predicted octanol–water partition coefficient (Wildman–Crippen LogP) is 0.777. The maximum absolute atomic E-state index is 11.3. The van der Waals surface area contributed by atoms with Gasteiger partial charge in [0.1, 0.15) is 12.0 Å². The summed E-state index contributed by atoms with van der Waals surface area (Å²) < 4.78 is 5.21. The zero-order valence-corrected chi connectivity index (χ0v) is 10.7. The molecule has 0 aromatic carbocycles. The third-order valence-electron chi connectivity index (χ3n) is 3.45. The van der Waals surface area contributed by atoms with Gasteiger partial charge >= 0.3 is 0 Å². The number of nitrogens with zero attached hydrogens (tertiary/aromatic N) is 1. The molecule has 0 aliphatic carbocycles. The lowest BCUT2D eigenvalue weighted by Crippen LogP contribution is -2.36. The summed E-state index contributed by atoms with van der Waals surface area (Å²) in [5, 5.41) is 12.3. The minimum absolute atomic E-state index is 0.327. The van der Waals surface area contributed by atoms with E-state index in [4.69, 9.17) is 9.52 Å². The predicted molar refractivity (Wildman–Crippen MR) is 68.6 cm³/mol. The van der Waals surface area contributed by atoms with Crippen LogP contribution < -0.4 is 10.7 Å². The van der Waals surface area contributed by atoms with E-state index in [-0.39, 0.29) is 11.2 Å². The maximum Gasteiger partial charge on any atom is 0.226 e. The lowest BCUT2D eigenvalue weighted by atomic mass is 9.97. The highest BCUT2D eigenvalue weighted by molar-refractivity contribution is 5.15. The van der Waals surface area contributed by atoms with E-state index in [1.165, 1.54) is 18.9 Å². The number of piperidine rings is 1. The molecule has 1 aromatic rings. The van der Waals surface area contributed by atoms with Crippen molar-refractivity contribution in [3.05, 3.63) is 28.3 Å². The maximum atomic E-state index is 11.3. The molecule has 5 nitrogen and oxygen atoms in total. The Kier molecular flexibility index (Phi) is 4.38. The molecule has 100 valence electrons. The largest absolute Gasteiger partial charge is 0.502 e. The fraction of sp³-hybridized carbons (Fsp3) is 0.615. The standard InChI is InChI=1S/C13H20N2O3/c1-14-7-10-2-4-15(5-3-10)8-11-6-12(16)13(17)9-18-11/h6,9-10,14,17H,2-5,7-8H2,1H3. The Morgan fingerprint density at radius 1 is 1.50 bits per heavy atom. The summed E-state index contributed by atoms with van der Waals surface area (Å²) in [6.07, 6.45) is 3.46. The van der Waals surface area contributed by atoms with Crippen LogP contribution in [-0.2, 0) is 6.54 Å². The zero-order valence-electron chi connectivity index (χ0n) is 10.7. The second-order valence-corrected chi connectivity index (χ2v) is 4.87. The number of aromatic hydroxyl groups is 1.